The van der Waals surface area contributed by atoms with Crippen LogP contribution in [-0.2, 0) is 14.3 Å². The van der Waals surface area contributed by atoms with Crippen molar-refractivity contribution in [1.29, 1.82) is 0 Å². The van der Waals surface area contributed by atoms with E-state index in [1.54, 1.807) is 31.2 Å². The van der Waals surface area contributed by atoms with E-state index in [-0.39, 0.29) is 30.2 Å². The van der Waals surface area contributed by atoms with Crippen molar-refractivity contribution in [2.45, 2.75) is 19.8 Å². The van der Waals surface area contributed by atoms with E-state index in [1.165, 1.54) is 0 Å². The standard InChI is InChI=1S/C17H22BrN3O4/c1-2-25-17(24)12-6-5-9-21(10-12)11-15(22)19-20-16(23)13-7-3-4-8-14(13)18/h3-4,7-8,12H,2,5-6,9-11H2,1H3,(H,19,22)(H,20,23)/p+1/t12-/m1/s1. The average Bonchev–Trinajstić information content (AvgIpc) is 2.60. The zero-order valence-electron chi connectivity index (χ0n) is 14.1. The first-order chi connectivity index (χ1) is 12.0. The number of likely N-dealkylation sites (tertiary alicyclic amines) is 1. The number of hydrogen-bond donors (Lipinski definition) is 3. The highest BCUT2D eigenvalue weighted by Gasteiger charge is 2.30. The monoisotopic (exact) mass is 412 g/mol. The van der Waals surface area contributed by atoms with Gasteiger partial charge in [0.15, 0.2) is 6.54 Å². The summed E-state index contributed by atoms with van der Waals surface area (Å²) in [5.74, 6) is -1.03. The van der Waals surface area contributed by atoms with Gasteiger partial charge >= 0.3 is 5.97 Å². The van der Waals surface area contributed by atoms with Crippen LogP contribution in [0.2, 0.25) is 0 Å². The molecule has 7 nitrogen and oxygen atoms in total. The minimum atomic E-state index is -0.390. The maximum atomic E-state index is 12.1. The van der Waals surface area contributed by atoms with Crippen molar-refractivity contribution in [1.82, 2.24) is 10.9 Å². The van der Waals surface area contributed by atoms with E-state index in [4.69, 9.17) is 4.74 Å². The Labute approximate surface area is 155 Å². The Morgan fingerprint density at radius 2 is 2.04 bits per heavy atom. The second-order valence-corrected chi connectivity index (χ2v) is 6.81. The van der Waals surface area contributed by atoms with Crippen molar-refractivity contribution in [2.24, 2.45) is 5.92 Å². The highest BCUT2D eigenvalue weighted by atomic mass is 79.9. The van der Waals surface area contributed by atoms with Gasteiger partial charge in [-0.3, -0.25) is 25.2 Å². The van der Waals surface area contributed by atoms with E-state index in [0.717, 1.165) is 24.3 Å². The summed E-state index contributed by atoms with van der Waals surface area (Å²) in [4.78, 5) is 37.0. The zero-order valence-corrected chi connectivity index (χ0v) is 15.7. The molecule has 0 spiro atoms. The van der Waals surface area contributed by atoms with Crippen molar-refractivity contribution < 1.29 is 24.0 Å². The van der Waals surface area contributed by atoms with Crippen molar-refractivity contribution >= 4 is 33.7 Å². The fourth-order valence-electron chi connectivity index (χ4n) is 2.88. The Morgan fingerprint density at radius 3 is 2.76 bits per heavy atom. The van der Waals surface area contributed by atoms with Crippen molar-refractivity contribution in [3.63, 3.8) is 0 Å². The number of piperidine rings is 1. The highest BCUT2D eigenvalue weighted by molar-refractivity contribution is 9.10. The summed E-state index contributed by atoms with van der Waals surface area (Å²) >= 11 is 3.29. The molecule has 0 radical (unpaired) electrons. The molecule has 3 N–H and O–H groups in total. The van der Waals surface area contributed by atoms with E-state index in [1.807, 2.05) is 0 Å². The molecule has 1 aliphatic rings. The van der Waals surface area contributed by atoms with Crippen LogP contribution < -0.4 is 15.8 Å². The normalized spacial score (nSPS) is 19.8. The molecule has 2 rings (SSSR count). The second kappa shape index (κ2) is 9.53. The van der Waals surface area contributed by atoms with Crippen LogP contribution in [0.4, 0.5) is 0 Å². The van der Waals surface area contributed by atoms with E-state index >= 15 is 0 Å². The third-order valence-electron chi connectivity index (χ3n) is 4.08. The van der Waals surface area contributed by atoms with Gasteiger partial charge in [-0.25, -0.2) is 0 Å². The van der Waals surface area contributed by atoms with Crippen LogP contribution in [0.3, 0.4) is 0 Å². The lowest BCUT2D eigenvalue weighted by atomic mass is 9.98. The van der Waals surface area contributed by atoms with Crippen LogP contribution >= 0.6 is 15.9 Å². The molecule has 1 aromatic rings. The van der Waals surface area contributed by atoms with Crippen LogP contribution in [-0.4, -0.2) is 44.0 Å². The molecular formula is C17H23BrN3O4+. The van der Waals surface area contributed by atoms with Gasteiger partial charge in [0.05, 0.1) is 25.3 Å². The number of hydrogen-bond acceptors (Lipinski definition) is 4. The number of carbonyl (C=O) groups is 3. The molecule has 1 heterocycles. The summed E-state index contributed by atoms with van der Waals surface area (Å²) in [5.41, 5.74) is 5.28. The number of ether oxygens (including phenoxy) is 1. The summed E-state index contributed by atoms with van der Waals surface area (Å²) in [7, 11) is 0. The largest absolute Gasteiger partial charge is 0.466 e. The number of benzene rings is 1. The lowest BCUT2D eigenvalue weighted by Crippen LogP contribution is -3.15. The lowest BCUT2D eigenvalue weighted by molar-refractivity contribution is -0.899. The minimum absolute atomic E-state index is 0.161. The fourth-order valence-corrected chi connectivity index (χ4v) is 3.35. The summed E-state index contributed by atoms with van der Waals surface area (Å²) in [5, 5.41) is 0. The predicted molar refractivity (Wildman–Crippen MR) is 94.7 cm³/mol. The summed E-state index contributed by atoms with van der Waals surface area (Å²) < 4.78 is 5.71. The number of hydrazine groups is 1. The number of nitrogens with one attached hydrogen (secondary N) is 3. The van der Waals surface area contributed by atoms with Gasteiger partial charge in [0.25, 0.3) is 11.8 Å². The van der Waals surface area contributed by atoms with E-state index in [9.17, 15) is 14.4 Å². The Balaban J connectivity index is 1.79. The SMILES string of the molecule is CCOC(=O)[C@@H]1CCC[NH+](CC(=O)NNC(=O)c2ccccc2Br)C1. The highest BCUT2D eigenvalue weighted by Crippen LogP contribution is 2.15. The molecule has 8 heteroatoms. The van der Waals surface area contributed by atoms with Gasteiger partial charge in [-0.05, 0) is 47.8 Å². The van der Waals surface area contributed by atoms with Gasteiger partial charge in [0, 0.05) is 4.47 Å². The molecule has 1 fully saturated rings. The zero-order chi connectivity index (χ0) is 18.2. The number of carbonyl (C=O) groups excluding carboxylic acids is 3. The molecule has 1 saturated heterocycles. The molecule has 1 aromatic carbocycles. The quantitative estimate of drug-likeness (QED) is 0.471. The molecule has 0 saturated carbocycles. The maximum Gasteiger partial charge on any atom is 0.314 e. The third kappa shape index (κ3) is 5.82. The molecule has 2 amide bonds. The number of rotatable bonds is 5. The number of amides is 2. The summed E-state index contributed by atoms with van der Waals surface area (Å²) in [6, 6.07) is 6.96. The molecule has 0 aliphatic carbocycles. The molecule has 1 unspecified atom stereocenters. The van der Waals surface area contributed by atoms with E-state index < -0.39 is 0 Å². The second-order valence-electron chi connectivity index (χ2n) is 5.95. The smallest absolute Gasteiger partial charge is 0.314 e. The van der Waals surface area contributed by atoms with Crippen LogP contribution in [0.5, 0.6) is 0 Å². The number of quaternary nitrogens is 1. The number of esters is 1. The first kappa shape index (κ1) is 19.4. The molecule has 0 aromatic heterocycles. The molecule has 25 heavy (non-hydrogen) atoms. The van der Waals surface area contributed by atoms with Crippen LogP contribution in [0.25, 0.3) is 0 Å². The number of halogens is 1. The summed E-state index contributed by atoms with van der Waals surface area (Å²) in [6.07, 6.45) is 1.66. The van der Waals surface area contributed by atoms with E-state index in [0.29, 0.717) is 23.2 Å². The fraction of sp³-hybridized carbons (Fsp3) is 0.471. The first-order valence-corrected chi connectivity index (χ1v) is 9.14. The van der Waals surface area contributed by atoms with Gasteiger partial charge in [-0.1, -0.05) is 12.1 Å². The van der Waals surface area contributed by atoms with Gasteiger partial charge in [-0.15, -0.1) is 0 Å². The Bertz CT molecular complexity index is 638. The lowest BCUT2D eigenvalue weighted by Gasteiger charge is -2.28. The molecule has 2 atom stereocenters. The van der Waals surface area contributed by atoms with Gasteiger partial charge in [-0.2, -0.15) is 0 Å². The average molecular weight is 413 g/mol. The third-order valence-corrected chi connectivity index (χ3v) is 4.77. The Hall–Kier alpha value is -1.93. The molecular weight excluding hydrogens is 390 g/mol. The summed E-state index contributed by atoms with van der Waals surface area (Å²) in [6.45, 7) is 3.75. The Morgan fingerprint density at radius 1 is 1.28 bits per heavy atom. The van der Waals surface area contributed by atoms with Crippen molar-refractivity contribution in [2.75, 3.05) is 26.2 Å². The van der Waals surface area contributed by atoms with Crippen LogP contribution in [0, 0.1) is 5.92 Å². The maximum absolute atomic E-state index is 12.1. The van der Waals surface area contributed by atoms with Gasteiger partial charge in [0.2, 0.25) is 0 Å². The Kier molecular flexibility index (Phi) is 7.39. The topological polar surface area (TPSA) is 88.9 Å². The molecule has 1 aliphatic heterocycles. The molecule has 136 valence electrons. The minimum Gasteiger partial charge on any atom is -0.466 e. The molecule has 0 bridgehead atoms. The van der Waals surface area contributed by atoms with E-state index in [2.05, 4.69) is 26.8 Å². The van der Waals surface area contributed by atoms with Gasteiger partial charge < -0.3 is 9.64 Å². The van der Waals surface area contributed by atoms with Crippen molar-refractivity contribution in [3.8, 4) is 0 Å². The van der Waals surface area contributed by atoms with Crippen molar-refractivity contribution in [3.05, 3.63) is 34.3 Å². The van der Waals surface area contributed by atoms with Crippen LogP contribution in [0.15, 0.2) is 28.7 Å². The predicted octanol–water partition coefficient (Wildman–Crippen LogP) is 0.0681. The van der Waals surface area contributed by atoms with Crippen LogP contribution in [0.1, 0.15) is 30.1 Å². The van der Waals surface area contributed by atoms with Gasteiger partial charge in [0.1, 0.15) is 5.92 Å². The first-order valence-electron chi connectivity index (χ1n) is 8.35.